The van der Waals surface area contributed by atoms with Crippen LogP contribution in [0.15, 0.2) is 46.9 Å². The minimum Gasteiger partial charge on any atom is -0.507 e. The molecule has 2 N–H and O–H groups in total. The van der Waals surface area contributed by atoms with Gasteiger partial charge in [-0.05, 0) is 24.3 Å². The Kier molecular flexibility index (Phi) is 3.84. The monoisotopic (exact) mass is 347 g/mol. The van der Waals surface area contributed by atoms with E-state index in [2.05, 4.69) is 21.2 Å². The first-order valence-electron chi connectivity index (χ1n) is 6.66. The van der Waals surface area contributed by atoms with E-state index in [1.54, 1.807) is 12.1 Å². The Hall–Kier alpha value is -2.01. The third-order valence-electron chi connectivity index (χ3n) is 3.47. The van der Waals surface area contributed by atoms with E-state index in [0.29, 0.717) is 13.0 Å². The van der Waals surface area contributed by atoms with E-state index < -0.39 is 0 Å². The van der Waals surface area contributed by atoms with Gasteiger partial charge >= 0.3 is 0 Å². The summed E-state index contributed by atoms with van der Waals surface area (Å²) in [5.41, 5.74) is 1.22. The molecule has 1 aliphatic rings. The van der Waals surface area contributed by atoms with Gasteiger partial charge in [-0.25, -0.2) is 0 Å². The number of rotatable bonds is 2. The Labute approximate surface area is 130 Å². The highest BCUT2D eigenvalue weighted by molar-refractivity contribution is 9.10. The van der Waals surface area contributed by atoms with Crippen LogP contribution in [0.25, 0.3) is 0 Å². The van der Waals surface area contributed by atoms with Crippen LogP contribution in [0.2, 0.25) is 0 Å². The van der Waals surface area contributed by atoms with E-state index >= 15 is 0 Å². The molecule has 21 heavy (non-hydrogen) atoms. The standard InChI is InChI=1S/C16H14BrNO3/c17-10-5-6-14(19)12(9-10)16(20)18-13-7-8-21-15-4-2-1-3-11(13)15/h1-6,9,13,19H,7-8H2,(H,18,20)/t13-/m1/s1. The van der Waals surface area contributed by atoms with Gasteiger partial charge in [-0.1, -0.05) is 34.1 Å². The molecule has 2 aromatic carbocycles. The smallest absolute Gasteiger partial charge is 0.255 e. The van der Waals surface area contributed by atoms with Gasteiger partial charge < -0.3 is 15.2 Å². The Morgan fingerprint density at radius 3 is 2.95 bits per heavy atom. The Bertz CT molecular complexity index is 687. The molecule has 0 radical (unpaired) electrons. The average Bonchev–Trinajstić information content (AvgIpc) is 2.50. The molecule has 0 saturated carbocycles. The maximum Gasteiger partial charge on any atom is 0.255 e. The number of phenolic OH excluding ortho intramolecular Hbond substituents is 1. The number of phenols is 1. The fraction of sp³-hybridized carbons (Fsp3) is 0.188. The van der Waals surface area contributed by atoms with Crippen molar-refractivity contribution in [1.29, 1.82) is 0 Å². The van der Waals surface area contributed by atoms with Crippen molar-refractivity contribution in [3.63, 3.8) is 0 Å². The highest BCUT2D eigenvalue weighted by atomic mass is 79.9. The van der Waals surface area contributed by atoms with Crippen molar-refractivity contribution in [1.82, 2.24) is 5.32 Å². The van der Waals surface area contributed by atoms with Gasteiger partial charge in [0.05, 0.1) is 18.2 Å². The van der Waals surface area contributed by atoms with Crippen LogP contribution in [0.4, 0.5) is 0 Å². The summed E-state index contributed by atoms with van der Waals surface area (Å²) in [6, 6.07) is 12.3. The van der Waals surface area contributed by atoms with Gasteiger partial charge in [0, 0.05) is 16.5 Å². The Morgan fingerprint density at radius 1 is 1.29 bits per heavy atom. The molecule has 1 heterocycles. The zero-order valence-electron chi connectivity index (χ0n) is 11.2. The zero-order valence-corrected chi connectivity index (χ0v) is 12.8. The molecule has 3 rings (SSSR count). The predicted octanol–water partition coefficient (Wildman–Crippen LogP) is 3.41. The second kappa shape index (κ2) is 5.77. The third kappa shape index (κ3) is 2.88. The molecule has 0 spiro atoms. The highest BCUT2D eigenvalue weighted by Gasteiger charge is 2.24. The van der Waals surface area contributed by atoms with E-state index in [1.165, 1.54) is 6.07 Å². The maximum absolute atomic E-state index is 12.4. The van der Waals surface area contributed by atoms with Gasteiger partial charge in [0.25, 0.3) is 5.91 Å². The van der Waals surface area contributed by atoms with Gasteiger partial charge in [0.1, 0.15) is 11.5 Å². The summed E-state index contributed by atoms with van der Waals surface area (Å²) in [5, 5.41) is 12.8. The number of aromatic hydroxyl groups is 1. The minimum atomic E-state index is -0.296. The third-order valence-corrected chi connectivity index (χ3v) is 3.96. The lowest BCUT2D eigenvalue weighted by molar-refractivity contribution is 0.0922. The Balaban J connectivity index is 1.84. The summed E-state index contributed by atoms with van der Waals surface area (Å²) in [7, 11) is 0. The summed E-state index contributed by atoms with van der Waals surface area (Å²) in [6.07, 6.45) is 0.706. The zero-order chi connectivity index (χ0) is 14.8. The first kappa shape index (κ1) is 13.9. The van der Waals surface area contributed by atoms with Gasteiger partial charge in [-0.15, -0.1) is 0 Å². The van der Waals surface area contributed by atoms with Crippen molar-refractivity contribution in [2.75, 3.05) is 6.61 Å². The van der Waals surface area contributed by atoms with Crippen molar-refractivity contribution >= 4 is 21.8 Å². The van der Waals surface area contributed by atoms with Crippen molar-refractivity contribution < 1.29 is 14.6 Å². The molecule has 0 aliphatic carbocycles. The largest absolute Gasteiger partial charge is 0.507 e. The maximum atomic E-state index is 12.4. The lowest BCUT2D eigenvalue weighted by atomic mass is 10.00. The highest BCUT2D eigenvalue weighted by Crippen LogP contribution is 2.32. The number of ether oxygens (including phenoxy) is 1. The first-order chi connectivity index (χ1) is 10.1. The summed E-state index contributed by atoms with van der Waals surface area (Å²) < 4.78 is 6.32. The van der Waals surface area contributed by atoms with Crippen molar-refractivity contribution in [3.8, 4) is 11.5 Å². The van der Waals surface area contributed by atoms with E-state index in [4.69, 9.17) is 4.74 Å². The molecule has 1 atom stereocenters. The van der Waals surface area contributed by atoms with Crippen molar-refractivity contribution in [2.24, 2.45) is 0 Å². The second-order valence-corrected chi connectivity index (χ2v) is 5.78. The number of benzene rings is 2. The topological polar surface area (TPSA) is 58.6 Å². The molecule has 0 saturated heterocycles. The van der Waals surface area contributed by atoms with E-state index in [0.717, 1.165) is 15.8 Å². The lowest BCUT2D eigenvalue weighted by Gasteiger charge is -2.26. The number of amides is 1. The van der Waals surface area contributed by atoms with E-state index in [9.17, 15) is 9.90 Å². The summed E-state index contributed by atoms with van der Waals surface area (Å²) in [4.78, 5) is 12.4. The number of carbonyl (C=O) groups excluding carboxylic acids is 1. The summed E-state index contributed by atoms with van der Waals surface area (Å²) in [6.45, 7) is 0.562. The molecule has 2 aromatic rings. The minimum absolute atomic E-state index is 0.0314. The van der Waals surface area contributed by atoms with Crippen LogP contribution in [0.3, 0.4) is 0 Å². The molecule has 0 unspecified atom stereocenters. The lowest BCUT2D eigenvalue weighted by Crippen LogP contribution is -2.32. The van der Waals surface area contributed by atoms with Crippen LogP contribution in [-0.2, 0) is 0 Å². The number of fused-ring (bicyclic) bond motifs is 1. The van der Waals surface area contributed by atoms with Crippen molar-refractivity contribution in [2.45, 2.75) is 12.5 Å². The number of para-hydroxylation sites is 1. The molecule has 108 valence electrons. The molecule has 0 bridgehead atoms. The van der Waals surface area contributed by atoms with Crippen LogP contribution in [0.5, 0.6) is 11.5 Å². The molecule has 0 aromatic heterocycles. The second-order valence-electron chi connectivity index (χ2n) is 4.86. The molecule has 4 nitrogen and oxygen atoms in total. The molecule has 1 amide bonds. The normalized spacial score (nSPS) is 16.7. The van der Waals surface area contributed by atoms with Crippen LogP contribution >= 0.6 is 15.9 Å². The molecule has 5 heteroatoms. The SMILES string of the molecule is O=C(N[C@@H]1CCOc2ccccc21)c1cc(Br)ccc1O. The van der Waals surface area contributed by atoms with E-state index in [1.807, 2.05) is 24.3 Å². The van der Waals surface area contributed by atoms with Gasteiger partial charge in [-0.3, -0.25) is 4.79 Å². The van der Waals surface area contributed by atoms with Gasteiger partial charge in [0.15, 0.2) is 0 Å². The number of hydrogen-bond acceptors (Lipinski definition) is 3. The molecular weight excluding hydrogens is 334 g/mol. The van der Waals surface area contributed by atoms with E-state index in [-0.39, 0.29) is 23.3 Å². The summed E-state index contributed by atoms with van der Waals surface area (Å²) >= 11 is 3.30. The van der Waals surface area contributed by atoms with Crippen LogP contribution in [-0.4, -0.2) is 17.6 Å². The number of hydrogen-bond donors (Lipinski definition) is 2. The van der Waals surface area contributed by atoms with Crippen LogP contribution < -0.4 is 10.1 Å². The molecule has 1 aliphatic heterocycles. The number of nitrogens with one attached hydrogen (secondary N) is 1. The van der Waals surface area contributed by atoms with Crippen molar-refractivity contribution in [3.05, 3.63) is 58.1 Å². The Morgan fingerprint density at radius 2 is 2.10 bits per heavy atom. The van der Waals surface area contributed by atoms with Gasteiger partial charge in [0.2, 0.25) is 0 Å². The predicted molar refractivity (Wildman–Crippen MR) is 82.6 cm³/mol. The molecular formula is C16H14BrNO3. The summed E-state index contributed by atoms with van der Waals surface area (Å²) in [5.74, 6) is 0.471. The fourth-order valence-corrected chi connectivity index (χ4v) is 2.78. The number of halogens is 1. The first-order valence-corrected chi connectivity index (χ1v) is 7.45. The quantitative estimate of drug-likeness (QED) is 0.875. The molecule has 0 fully saturated rings. The van der Waals surface area contributed by atoms with Crippen LogP contribution in [0.1, 0.15) is 28.4 Å². The average molecular weight is 348 g/mol. The van der Waals surface area contributed by atoms with Gasteiger partial charge in [-0.2, -0.15) is 0 Å². The van der Waals surface area contributed by atoms with Crippen LogP contribution in [0, 0.1) is 0 Å². The fourth-order valence-electron chi connectivity index (χ4n) is 2.42. The number of carbonyl (C=O) groups is 1.